The number of hydrogen-bond donors (Lipinski definition) is 0. The molecule has 2 heterocycles. The fraction of sp³-hybridized carbons (Fsp3) is 0.130. The summed E-state index contributed by atoms with van der Waals surface area (Å²) in [5, 5.41) is 1.50. The largest absolute Gasteiger partial charge is 0.273 e. The minimum Gasteiger partial charge on any atom is -0.273 e. The fourth-order valence-electron chi connectivity index (χ4n) is 4.09. The van der Waals surface area contributed by atoms with E-state index in [4.69, 9.17) is 4.84 Å². The molecular formula is C23H16F2N2O3. The summed E-state index contributed by atoms with van der Waals surface area (Å²) in [5.74, 6) is -2.79. The molecule has 2 fully saturated rings. The molecule has 0 aliphatic carbocycles. The Kier molecular flexibility index (Phi) is 4.33. The molecule has 0 radical (unpaired) electrons. The maximum atomic E-state index is 14.0. The standard InChI is InChI=1S/C23H16F2N2O3/c24-15-9-11-17(12-10-15)26-22(28)19-20(14-5-4-6-16(25)13-14)27(30-21(19)23(26)29)18-7-2-1-3-8-18/h1-13,19-21H/t19-,20-,21-/m1/s1. The number of carbonyl (C=O) groups excluding carboxylic acids is 2. The third kappa shape index (κ3) is 2.86. The molecular weight excluding hydrogens is 390 g/mol. The molecule has 150 valence electrons. The number of imide groups is 1. The van der Waals surface area contributed by atoms with E-state index in [9.17, 15) is 18.4 Å². The Labute approximate surface area is 171 Å². The number of benzene rings is 3. The van der Waals surface area contributed by atoms with E-state index in [1.807, 2.05) is 18.2 Å². The lowest BCUT2D eigenvalue weighted by atomic mass is 9.90. The summed E-state index contributed by atoms with van der Waals surface area (Å²) in [5.41, 5.74) is 1.44. The normalized spacial score (nSPS) is 23.2. The van der Waals surface area contributed by atoms with E-state index < -0.39 is 41.5 Å². The van der Waals surface area contributed by atoms with E-state index in [0.717, 1.165) is 4.90 Å². The smallest absolute Gasteiger partial charge is 0.266 e. The van der Waals surface area contributed by atoms with Crippen LogP contribution in [0.4, 0.5) is 20.2 Å². The first-order chi connectivity index (χ1) is 14.5. The summed E-state index contributed by atoms with van der Waals surface area (Å²) in [6.07, 6.45) is -1.06. The average Bonchev–Trinajstić information content (AvgIpc) is 3.26. The van der Waals surface area contributed by atoms with Crippen molar-refractivity contribution in [1.82, 2.24) is 0 Å². The van der Waals surface area contributed by atoms with Crippen LogP contribution in [0, 0.1) is 17.6 Å². The molecule has 0 aromatic heterocycles. The Hall–Kier alpha value is -3.58. The van der Waals surface area contributed by atoms with Crippen molar-refractivity contribution in [2.45, 2.75) is 12.1 Å². The second kappa shape index (κ2) is 7.03. The van der Waals surface area contributed by atoms with E-state index in [-0.39, 0.29) is 5.69 Å². The summed E-state index contributed by atoms with van der Waals surface area (Å²) >= 11 is 0. The van der Waals surface area contributed by atoms with Crippen LogP contribution < -0.4 is 9.96 Å². The zero-order valence-electron chi connectivity index (χ0n) is 15.6. The molecule has 0 bridgehead atoms. The Balaban J connectivity index is 1.59. The summed E-state index contributed by atoms with van der Waals surface area (Å²) in [7, 11) is 0. The molecule has 2 aliphatic heterocycles. The van der Waals surface area contributed by atoms with Gasteiger partial charge in [-0.05, 0) is 54.1 Å². The van der Waals surface area contributed by atoms with Crippen molar-refractivity contribution in [3.63, 3.8) is 0 Å². The van der Waals surface area contributed by atoms with Gasteiger partial charge in [0.1, 0.15) is 17.6 Å². The number of anilines is 2. The van der Waals surface area contributed by atoms with E-state index in [2.05, 4.69) is 0 Å². The molecule has 2 amide bonds. The van der Waals surface area contributed by atoms with E-state index in [0.29, 0.717) is 11.3 Å². The van der Waals surface area contributed by atoms with E-state index in [1.165, 1.54) is 41.5 Å². The Morgan fingerprint density at radius 3 is 2.17 bits per heavy atom. The monoisotopic (exact) mass is 406 g/mol. The van der Waals surface area contributed by atoms with Crippen molar-refractivity contribution in [3.8, 4) is 0 Å². The Bertz CT molecular complexity index is 1120. The maximum absolute atomic E-state index is 14.0. The van der Waals surface area contributed by atoms with Crippen LogP contribution in [0.3, 0.4) is 0 Å². The molecule has 2 aliphatic rings. The predicted octanol–water partition coefficient (Wildman–Crippen LogP) is 4.02. The molecule has 0 unspecified atom stereocenters. The molecule has 0 N–H and O–H groups in total. The summed E-state index contributed by atoms with van der Waals surface area (Å²) in [6, 6.07) is 19.4. The van der Waals surface area contributed by atoms with Gasteiger partial charge in [0.05, 0.1) is 17.4 Å². The summed E-state index contributed by atoms with van der Waals surface area (Å²) in [4.78, 5) is 33.4. The number of carbonyl (C=O) groups is 2. The van der Waals surface area contributed by atoms with Crippen molar-refractivity contribution >= 4 is 23.2 Å². The van der Waals surface area contributed by atoms with E-state index in [1.54, 1.807) is 24.3 Å². The molecule has 7 heteroatoms. The lowest BCUT2D eigenvalue weighted by Crippen LogP contribution is -2.37. The minimum absolute atomic E-state index is 0.272. The number of amides is 2. The highest BCUT2D eigenvalue weighted by Gasteiger charge is 2.60. The van der Waals surface area contributed by atoms with Crippen LogP contribution in [0.25, 0.3) is 0 Å². The maximum Gasteiger partial charge on any atom is 0.266 e. The van der Waals surface area contributed by atoms with Gasteiger partial charge in [0, 0.05) is 0 Å². The van der Waals surface area contributed by atoms with Gasteiger partial charge in [0.15, 0.2) is 6.10 Å². The van der Waals surface area contributed by atoms with Crippen LogP contribution in [-0.2, 0) is 14.4 Å². The fourth-order valence-corrected chi connectivity index (χ4v) is 4.09. The lowest BCUT2D eigenvalue weighted by molar-refractivity contribution is -0.126. The molecule has 30 heavy (non-hydrogen) atoms. The SMILES string of the molecule is O=C1[C@@H]2[C@@H](c3cccc(F)c3)N(c3ccccc3)O[C@H]2C(=O)N1c1ccc(F)cc1. The lowest BCUT2D eigenvalue weighted by Gasteiger charge is -2.28. The van der Waals surface area contributed by atoms with Gasteiger partial charge in [0.25, 0.3) is 5.91 Å². The minimum atomic E-state index is -1.06. The van der Waals surface area contributed by atoms with Gasteiger partial charge in [-0.15, -0.1) is 0 Å². The molecule has 0 saturated carbocycles. The molecule has 3 aromatic rings. The van der Waals surface area contributed by atoms with Crippen LogP contribution in [0.5, 0.6) is 0 Å². The van der Waals surface area contributed by atoms with Gasteiger partial charge < -0.3 is 0 Å². The average molecular weight is 406 g/mol. The van der Waals surface area contributed by atoms with Gasteiger partial charge >= 0.3 is 0 Å². The highest BCUT2D eigenvalue weighted by atomic mass is 19.1. The zero-order chi connectivity index (χ0) is 20.8. The third-order valence-electron chi connectivity index (χ3n) is 5.40. The number of hydroxylamine groups is 1. The highest BCUT2D eigenvalue weighted by molar-refractivity contribution is 6.23. The van der Waals surface area contributed by atoms with Gasteiger partial charge in [0.2, 0.25) is 5.91 Å². The zero-order valence-corrected chi connectivity index (χ0v) is 15.6. The van der Waals surface area contributed by atoms with Gasteiger partial charge in [-0.25, -0.2) is 18.7 Å². The highest BCUT2D eigenvalue weighted by Crippen LogP contribution is 2.47. The first kappa shape index (κ1) is 18.4. The molecule has 2 saturated heterocycles. The first-order valence-corrected chi connectivity index (χ1v) is 9.44. The molecule has 0 spiro atoms. The molecule has 3 atom stereocenters. The van der Waals surface area contributed by atoms with Gasteiger partial charge in [-0.3, -0.25) is 14.4 Å². The molecule has 3 aromatic carbocycles. The van der Waals surface area contributed by atoms with Crippen LogP contribution in [-0.4, -0.2) is 17.9 Å². The van der Waals surface area contributed by atoms with Crippen molar-refractivity contribution in [1.29, 1.82) is 0 Å². The van der Waals surface area contributed by atoms with Crippen molar-refractivity contribution in [2.24, 2.45) is 5.92 Å². The van der Waals surface area contributed by atoms with Crippen LogP contribution in [0.2, 0.25) is 0 Å². The Morgan fingerprint density at radius 2 is 1.47 bits per heavy atom. The number of para-hydroxylation sites is 1. The van der Waals surface area contributed by atoms with Crippen LogP contribution in [0.1, 0.15) is 11.6 Å². The molecule has 5 nitrogen and oxygen atoms in total. The quantitative estimate of drug-likeness (QED) is 0.617. The van der Waals surface area contributed by atoms with Gasteiger partial charge in [-0.2, -0.15) is 0 Å². The van der Waals surface area contributed by atoms with Crippen molar-refractivity contribution in [3.05, 3.63) is 96.1 Å². The molecule has 5 rings (SSSR count). The second-order valence-corrected chi connectivity index (χ2v) is 7.20. The number of fused-ring (bicyclic) bond motifs is 1. The number of nitrogens with zero attached hydrogens (tertiary/aromatic N) is 2. The second-order valence-electron chi connectivity index (χ2n) is 7.20. The number of halogens is 2. The van der Waals surface area contributed by atoms with Crippen molar-refractivity contribution < 1.29 is 23.2 Å². The van der Waals surface area contributed by atoms with Crippen LogP contribution >= 0.6 is 0 Å². The van der Waals surface area contributed by atoms with Crippen molar-refractivity contribution in [2.75, 3.05) is 9.96 Å². The first-order valence-electron chi connectivity index (χ1n) is 9.44. The number of rotatable bonds is 3. The van der Waals surface area contributed by atoms with Crippen LogP contribution in [0.15, 0.2) is 78.9 Å². The Morgan fingerprint density at radius 1 is 0.733 bits per heavy atom. The third-order valence-corrected chi connectivity index (χ3v) is 5.40. The van der Waals surface area contributed by atoms with E-state index >= 15 is 0 Å². The van der Waals surface area contributed by atoms with Gasteiger partial charge in [-0.1, -0.05) is 30.3 Å². The number of hydrogen-bond acceptors (Lipinski definition) is 4. The topological polar surface area (TPSA) is 49.9 Å². The predicted molar refractivity (Wildman–Crippen MR) is 105 cm³/mol. The summed E-state index contributed by atoms with van der Waals surface area (Å²) in [6.45, 7) is 0. The summed E-state index contributed by atoms with van der Waals surface area (Å²) < 4.78 is 27.3.